The van der Waals surface area contributed by atoms with E-state index in [1.807, 2.05) is 0 Å². The number of benzene rings is 1. The fourth-order valence-corrected chi connectivity index (χ4v) is 4.66. The highest BCUT2D eigenvalue weighted by atomic mass is 32.2. The van der Waals surface area contributed by atoms with Crippen molar-refractivity contribution in [2.24, 2.45) is 0 Å². The van der Waals surface area contributed by atoms with Gasteiger partial charge in [0.2, 0.25) is 10.0 Å². The van der Waals surface area contributed by atoms with Gasteiger partial charge in [-0.15, -0.1) is 0 Å². The van der Waals surface area contributed by atoms with Gasteiger partial charge in [0.15, 0.2) is 11.5 Å². The molecule has 0 N–H and O–H groups in total. The van der Waals surface area contributed by atoms with Gasteiger partial charge in [-0.05, 0) is 31.9 Å². The number of methoxy groups -OCH3 is 2. The van der Waals surface area contributed by atoms with Crippen LogP contribution in [0.5, 0.6) is 11.5 Å². The van der Waals surface area contributed by atoms with Crippen molar-refractivity contribution in [3.63, 3.8) is 0 Å². The molecule has 0 amide bonds. The standard InChI is InChI=1S/C16H20N2O5S/c1-11-9-13(17-23-11)14-5-4-8-18(14)24(19,20)12-6-7-15(21-2)16(10-12)22-3/h6-7,9-10,14H,4-5,8H2,1-3H3/t14-/m0/s1. The number of rotatable bonds is 5. The van der Waals surface area contributed by atoms with Crippen LogP contribution in [0.25, 0.3) is 0 Å². The highest BCUT2D eigenvalue weighted by molar-refractivity contribution is 7.89. The predicted molar refractivity (Wildman–Crippen MR) is 86.7 cm³/mol. The van der Waals surface area contributed by atoms with E-state index in [9.17, 15) is 8.42 Å². The largest absolute Gasteiger partial charge is 0.493 e. The predicted octanol–water partition coefficient (Wildman–Crippen LogP) is 2.53. The van der Waals surface area contributed by atoms with Crippen LogP contribution in [0.15, 0.2) is 33.7 Å². The molecule has 1 aliphatic heterocycles. The third-order valence-electron chi connectivity index (χ3n) is 4.15. The number of hydrogen-bond donors (Lipinski definition) is 0. The van der Waals surface area contributed by atoms with E-state index in [-0.39, 0.29) is 10.9 Å². The maximum Gasteiger partial charge on any atom is 0.243 e. The van der Waals surface area contributed by atoms with Gasteiger partial charge in [0.05, 0.1) is 25.2 Å². The summed E-state index contributed by atoms with van der Waals surface area (Å²) in [7, 11) is -0.682. The van der Waals surface area contributed by atoms with E-state index in [2.05, 4.69) is 5.16 Å². The van der Waals surface area contributed by atoms with Gasteiger partial charge in [-0.1, -0.05) is 5.16 Å². The minimum Gasteiger partial charge on any atom is -0.493 e. The van der Waals surface area contributed by atoms with Gasteiger partial charge in [0.25, 0.3) is 0 Å². The third kappa shape index (κ3) is 2.87. The molecule has 2 aromatic rings. The average Bonchev–Trinajstić information content (AvgIpc) is 3.22. The van der Waals surface area contributed by atoms with Crippen LogP contribution in [0.4, 0.5) is 0 Å². The van der Waals surface area contributed by atoms with Crippen LogP contribution < -0.4 is 9.47 Å². The van der Waals surface area contributed by atoms with Crippen molar-refractivity contribution >= 4 is 10.0 Å². The summed E-state index contributed by atoms with van der Waals surface area (Å²) in [5.41, 5.74) is 0.647. The van der Waals surface area contributed by atoms with E-state index < -0.39 is 10.0 Å². The lowest BCUT2D eigenvalue weighted by Gasteiger charge is -2.22. The number of nitrogens with zero attached hydrogens (tertiary/aromatic N) is 2. The Morgan fingerprint density at radius 3 is 2.58 bits per heavy atom. The molecule has 2 heterocycles. The van der Waals surface area contributed by atoms with Crippen molar-refractivity contribution in [2.45, 2.75) is 30.7 Å². The Balaban J connectivity index is 1.97. The summed E-state index contributed by atoms with van der Waals surface area (Å²) in [5, 5.41) is 3.99. The molecule has 1 saturated heterocycles. The number of ether oxygens (including phenoxy) is 2. The highest BCUT2D eigenvalue weighted by Gasteiger charge is 2.38. The van der Waals surface area contributed by atoms with E-state index in [1.54, 1.807) is 19.1 Å². The Morgan fingerprint density at radius 1 is 1.21 bits per heavy atom. The van der Waals surface area contributed by atoms with Crippen LogP contribution in [0, 0.1) is 6.92 Å². The first-order valence-electron chi connectivity index (χ1n) is 7.64. The Labute approximate surface area is 141 Å². The van der Waals surface area contributed by atoms with Gasteiger partial charge < -0.3 is 14.0 Å². The zero-order valence-corrected chi connectivity index (χ0v) is 14.7. The Hall–Kier alpha value is -2.06. The first-order valence-corrected chi connectivity index (χ1v) is 9.08. The molecule has 0 bridgehead atoms. The van der Waals surface area contributed by atoms with Gasteiger partial charge in [0, 0.05) is 18.7 Å². The summed E-state index contributed by atoms with van der Waals surface area (Å²) in [6, 6.07) is 6.09. The van der Waals surface area contributed by atoms with Gasteiger partial charge in [-0.25, -0.2) is 8.42 Å². The number of aromatic nitrogens is 1. The highest BCUT2D eigenvalue weighted by Crippen LogP contribution is 2.38. The van der Waals surface area contributed by atoms with Gasteiger partial charge in [-0.2, -0.15) is 4.31 Å². The van der Waals surface area contributed by atoms with Crippen LogP contribution >= 0.6 is 0 Å². The molecule has 24 heavy (non-hydrogen) atoms. The second-order valence-corrected chi connectivity index (χ2v) is 7.54. The summed E-state index contributed by atoms with van der Waals surface area (Å²) in [4.78, 5) is 0.173. The monoisotopic (exact) mass is 352 g/mol. The number of sulfonamides is 1. The summed E-state index contributed by atoms with van der Waals surface area (Å²) in [5.74, 6) is 1.54. The zero-order valence-electron chi connectivity index (χ0n) is 13.9. The fourth-order valence-electron chi connectivity index (χ4n) is 2.98. The van der Waals surface area contributed by atoms with Gasteiger partial charge in [-0.3, -0.25) is 0 Å². The van der Waals surface area contributed by atoms with Crippen molar-refractivity contribution in [1.82, 2.24) is 9.46 Å². The molecule has 1 aliphatic rings. The lowest BCUT2D eigenvalue weighted by molar-refractivity contribution is 0.347. The second kappa shape index (κ2) is 6.45. The lowest BCUT2D eigenvalue weighted by Crippen LogP contribution is -2.30. The first kappa shape index (κ1) is 16.8. The molecule has 130 valence electrons. The zero-order chi connectivity index (χ0) is 17.3. The van der Waals surface area contributed by atoms with Gasteiger partial charge >= 0.3 is 0 Å². The van der Waals surface area contributed by atoms with Crippen LogP contribution in [0.2, 0.25) is 0 Å². The summed E-state index contributed by atoms with van der Waals surface area (Å²) >= 11 is 0. The van der Waals surface area contributed by atoms with Crippen molar-refractivity contribution in [3.8, 4) is 11.5 Å². The van der Waals surface area contributed by atoms with Crippen LogP contribution in [-0.4, -0.2) is 38.6 Å². The Kier molecular flexibility index (Phi) is 4.51. The fraction of sp³-hybridized carbons (Fsp3) is 0.438. The molecule has 8 heteroatoms. The summed E-state index contributed by atoms with van der Waals surface area (Å²) in [6.07, 6.45) is 1.50. The van der Waals surface area contributed by atoms with Crippen molar-refractivity contribution in [2.75, 3.05) is 20.8 Å². The molecule has 1 fully saturated rings. The minimum absolute atomic E-state index is 0.173. The Morgan fingerprint density at radius 2 is 1.96 bits per heavy atom. The molecule has 0 unspecified atom stereocenters. The molecule has 1 aromatic heterocycles. The molecule has 0 spiro atoms. The molecule has 0 aliphatic carbocycles. The first-order chi connectivity index (χ1) is 11.5. The summed E-state index contributed by atoms with van der Waals surface area (Å²) in [6.45, 7) is 2.24. The van der Waals surface area contributed by atoms with Crippen molar-refractivity contribution < 1.29 is 22.4 Å². The number of hydrogen-bond acceptors (Lipinski definition) is 6. The molecule has 0 radical (unpaired) electrons. The number of aryl methyl sites for hydroxylation is 1. The smallest absolute Gasteiger partial charge is 0.243 e. The van der Waals surface area contributed by atoms with Crippen LogP contribution in [-0.2, 0) is 10.0 Å². The maximum atomic E-state index is 13.1. The molecule has 0 saturated carbocycles. The summed E-state index contributed by atoms with van der Waals surface area (Å²) < 4.78 is 43.1. The molecule has 7 nitrogen and oxygen atoms in total. The topological polar surface area (TPSA) is 81.9 Å². The molecule has 3 rings (SSSR count). The van der Waals surface area contributed by atoms with Crippen LogP contribution in [0.3, 0.4) is 0 Å². The van der Waals surface area contributed by atoms with Crippen molar-refractivity contribution in [3.05, 3.63) is 35.7 Å². The SMILES string of the molecule is COc1ccc(S(=O)(=O)N2CCC[C@H]2c2cc(C)on2)cc1OC. The molecule has 1 atom stereocenters. The van der Waals surface area contributed by atoms with Crippen LogP contribution in [0.1, 0.15) is 30.3 Å². The second-order valence-electron chi connectivity index (χ2n) is 5.65. The minimum atomic E-state index is -3.67. The van der Waals surface area contributed by atoms with E-state index in [1.165, 1.54) is 30.7 Å². The lowest BCUT2D eigenvalue weighted by atomic mass is 10.1. The molecular weight excluding hydrogens is 332 g/mol. The van der Waals surface area contributed by atoms with E-state index >= 15 is 0 Å². The van der Waals surface area contributed by atoms with Gasteiger partial charge in [0.1, 0.15) is 11.5 Å². The van der Waals surface area contributed by atoms with E-state index in [4.69, 9.17) is 14.0 Å². The van der Waals surface area contributed by atoms with Crippen molar-refractivity contribution in [1.29, 1.82) is 0 Å². The normalized spacial score (nSPS) is 18.7. The maximum absolute atomic E-state index is 13.1. The van der Waals surface area contributed by atoms with E-state index in [0.717, 1.165) is 12.8 Å². The molecular formula is C16H20N2O5S. The van der Waals surface area contributed by atoms with E-state index in [0.29, 0.717) is 29.5 Å². The quantitative estimate of drug-likeness (QED) is 0.822. The third-order valence-corrected chi connectivity index (χ3v) is 6.06. The molecule has 1 aromatic carbocycles. The Bertz CT molecular complexity index is 831. The average molecular weight is 352 g/mol.